The highest BCUT2D eigenvalue weighted by molar-refractivity contribution is 6.04. The Labute approximate surface area is 155 Å². The van der Waals surface area contributed by atoms with E-state index >= 15 is 0 Å². The molecule has 0 amide bonds. The van der Waals surface area contributed by atoms with Gasteiger partial charge in [-0.05, 0) is 34.8 Å². The van der Waals surface area contributed by atoms with Crippen LogP contribution in [0.1, 0.15) is 0 Å². The molecule has 0 aliphatic carbocycles. The molecule has 6 heteroatoms. The third kappa shape index (κ3) is 2.64. The number of nitrogens with two attached hydrogens (primary N) is 1. The molecule has 130 valence electrons. The third-order valence-corrected chi connectivity index (χ3v) is 4.49. The van der Waals surface area contributed by atoms with Gasteiger partial charge >= 0.3 is 5.82 Å². The van der Waals surface area contributed by atoms with Crippen LogP contribution in [0.15, 0.2) is 73.1 Å². The van der Waals surface area contributed by atoms with Crippen molar-refractivity contribution >= 4 is 28.8 Å². The van der Waals surface area contributed by atoms with Gasteiger partial charge in [0.05, 0.1) is 17.8 Å². The lowest BCUT2D eigenvalue weighted by Gasteiger charge is -2.08. The molecular weight excluding hydrogens is 338 g/mol. The molecule has 0 spiro atoms. The maximum Gasteiger partial charge on any atom is 0.353 e. The number of nitrogens with zero attached hydrogens (tertiary/aromatic N) is 3. The van der Waals surface area contributed by atoms with Gasteiger partial charge in [0.2, 0.25) is 0 Å². The minimum atomic E-state index is 0.456. The van der Waals surface area contributed by atoms with Gasteiger partial charge in [0.25, 0.3) is 0 Å². The fourth-order valence-corrected chi connectivity index (χ4v) is 3.10. The zero-order chi connectivity index (χ0) is 18.2. The number of nitrogens with one attached hydrogen (secondary N) is 1. The van der Waals surface area contributed by atoms with E-state index in [9.17, 15) is 0 Å². The van der Waals surface area contributed by atoms with Crippen LogP contribution in [0.5, 0.6) is 11.5 Å². The number of para-hydroxylation sites is 1. The predicted octanol–water partition coefficient (Wildman–Crippen LogP) is 4.24. The summed E-state index contributed by atoms with van der Waals surface area (Å²) < 4.78 is 7.79. The number of pyridine rings is 1. The summed E-state index contributed by atoms with van der Waals surface area (Å²) in [5.41, 5.74) is 8.87. The molecule has 1 aliphatic rings. The molecule has 3 heterocycles. The second-order valence-corrected chi connectivity index (χ2v) is 6.19. The quantitative estimate of drug-likeness (QED) is 0.537. The van der Waals surface area contributed by atoms with Crippen LogP contribution < -0.4 is 10.5 Å². The monoisotopic (exact) mass is 354 g/mol. The lowest BCUT2D eigenvalue weighted by Crippen LogP contribution is -2.07. The topological polar surface area (TPSA) is 79.8 Å². The number of aromatic amines is 1. The molecule has 0 bridgehead atoms. The smallest absolute Gasteiger partial charge is 0.353 e. The Kier molecular flexibility index (Phi) is 3.47. The van der Waals surface area contributed by atoms with Gasteiger partial charge in [-0.15, -0.1) is 0 Å². The van der Waals surface area contributed by atoms with Gasteiger partial charge in [-0.2, -0.15) is 5.10 Å². The lowest BCUT2D eigenvalue weighted by molar-refractivity contribution is -0.368. The SMILES string of the molecule is Nc1n[nH]c2c([N+]3=CC=C3)ncc(-c3ccc(Oc4ccccc4)cc3)c12. The molecule has 5 rings (SSSR count). The van der Waals surface area contributed by atoms with Crippen LogP contribution in [0, 0.1) is 0 Å². The summed E-state index contributed by atoms with van der Waals surface area (Å²) in [6.07, 6.45) is 7.66. The average Bonchev–Trinajstić information content (AvgIpc) is 3.05. The fourth-order valence-electron chi connectivity index (χ4n) is 3.10. The number of hydrogen-bond acceptors (Lipinski definition) is 4. The summed E-state index contributed by atoms with van der Waals surface area (Å²) in [4.78, 5) is 4.59. The molecule has 0 unspecified atom stereocenters. The van der Waals surface area contributed by atoms with E-state index in [1.807, 2.05) is 83.9 Å². The summed E-state index contributed by atoms with van der Waals surface area (Å²) >= 11 is 0. The Morgan fingerprint density at radius 1 is 0.963 bits per heavy atom. The van der Waals surface area contributed by atoms with E-state index < -0.39 is 0 Å². The predicted molar refractivity (Wildman–Crippen MR) is 105 cm³/mol. The molecule has 0 saturated heterocycles. The molecule has 3 N–H and O–H groups in total. The fraction of sp³-hybridized carbons (Fsp3) is 0. The van der Waals surface area contributed by atoms with Crippen molar-refractivity contribution in [3.05, 3.63) is 73.1 Å². The Morgan fingerprint density at radius 3 is 2.41 bits per heavy atom. The Morgan fingerprint density at radius 2 is 1.70 bits per heavy atom. The second kappa shape index (κ2) is 6.10. The number of hydrogen-bond donors (Lipinski definition) is 2. The maximum atomic E-state index is 6.13. The first kappa shape index (κ1) is 15.3. The Balaban J connectivity index is 1.53. The first-order chi connectivity index (χ1) is 13.3. The van der Waals surface area contributed by atoms with Crippen molar-refractivity contribution in [3.8, 4) is 22.6 Å². The lowest BCUT2D eigenvalue weighted by atomic mass is 10.0. The zero-order valence-corrected chi connectivity index (χ0v) is 14.3. The normalized spacial score (nSPS) is 12.7. The van der Waals surface area contributed by atoms with E-state index in [2.05, 4.69) is 15.2 Å². The van der Waals surface area contributed by atoms with Crippen molar-refractivity contribution < 1.29 is 9.31 Å². The number of anilines is 1. The van der Waals surface area contributed by atoms with Crippen LogP contribution in [-0.2, 0) is 0 Å². The highest BCUT2D eigenvalue weighted by atomic mass is 16.5. The van der Waals surface area contributed by atoms with Crippen LogP contribution in [0.3, 0.4) is 0 Å². The Bertz CT molecular complexity index is 1190. The molecule has 4 aromatic rings. The van der Waals surface area contributed by atoms with Crippen molar-refractivity contribution in [2.24, 2.45) is 0 Å². The highest BCUT2D eigenvalue weighted by Crippen LogP contribution is 2.36. The second-order valence-electron chi connectivity index (χ2n) is 6.19. The van der Waals surface area contributed by atoms with Crippen molar-refractivity contribution in [1.82, 2.24) is 15.2 Å². The maximum absolute atomic E-state index is 6.13. The first-order valence-corrected chi connectivity index (χ1v) is 8.55. The Hall–Kier alpha value is -3.93. The molecule has 6 nitrogen and oxygen atoms in total. The van der Waals surface area contributed by atoms with Crippen molar-refractivity contribution in [1.29, 1.82) is 0 Å². The molecule has 0 saturated carbocycles. The minimum Gasteiger partial charge on any atom is -0.457 e. The number of nitrogen functional groups attached to an aromatic ring is 1. The summed E-state index contributed by atoms with van der Waals surface area (Å²) in [5.74, 6) is 2.81. The molecule has 0 atom stereocenters. The van der Waals surface area contributed by atoms with Crippen LogP contribution in [0.2, 0.25) is 0 Å². The number of fused-ring (bicyclic) bond motifs is 1. The van der Waals surface area contributed by atoms with Gasteiger partial charge < -0.3 is 10.5 Å². The molecule has 2 aromatic carbocycles. The molecular formula is C21H16N5O+. The van der Waals surface area contributed by atoms with Crippen molar-refractivity contribution in [2.45, 2.75) is 0 Å². The van der Waals surface area contributed by atoms with E-state index in [0.29, 0.717) is 5.82 Å². The van der Waals surface area contributed by atoms with Crippen LogP contribution >= 0.6 is 0 Å². The van der Waals surface area contributed by atoms with Crippen molar-refractivity contribution in [2.75, 3.05) is 5.73 Å². The van der Waals surface area contributed by atoms with Gasteiger partial charge in [-0.3, -0.25) is 5.10 Å². The first-order valence-electron chi connectivity index (χ1n) is 8.55. The van der Waals surface area contributed by atoms with Crippen LogP contribution in [-0.4, -0.2) is 26.0 Å². The summed E-state index contributed by atoms with van der Waals surface area (Å²) in [7, 11) is 0. The number of allylic oxidation sites excluding steroid dienone is 1. The molecule has 0 fully saturated rings. The number of H-pyrrole nitrogens is 1. The highest BCUT2D eigenvalue weighted by Gasteiger charge is 2.23. The van der Waals surface area contributed by atoms with Gasteiger partial charge in [0, 0.05) is 11.6 Å². The average molecular weight is 354 g/mol. The van der Waals surface area contributed by atoms with Gasteiger partial charge in [0.1, 0.15) is 17.7 Å². The van der Waals surface area contributed by atoms with Crippen LogP contribution in [0.4, 0.5) is 11.6 Å². The van der Waals surface area contributed by atoms with Gasteiger partial charge in [0.15, 0.2) is 11.3 Å². The number of ether oxygens (including phenoxy) is 1. The van der Waals surface area contributed by atoms with E-state index in [0.717, 1.165) is 39.3 Å². The third-order valence-electron chi connectivity index (χ3n) is 4.49. The molecule has 27 heavy (non-hydrogen) atoms. The largest absolute Gasteiger partial charge is 0.457 e. The van der Waals surface area contributed by atoms with E-state index in [4.69, 9.17) is 10.5 Å². The van der Waals surface area contributed by atoms with E-state index in [-0.39, 0.29) is 0 Å². The van der Waals surface area contributed by atoms with Gasteiger partial charge in [-0.25, -0.2) is 4.58 Å². The number of benzene rings is 2. The van der Waals surface area contributed by atoms with Crippen LogP contribution in [0.25, 0.3) is 22.0 Å². The zero-order valence-electron chi connectivity index (χ0n) is 14.3. The summed E-state index contributed by atoms with van der Waals surface area (Å²) in [6.45, 7) is 0. The summed E-state index contributed by atoms with van der Waals surface area (Å²) in [5, 5.41) is 8.05. The molecule has 0 radical (unpaired) electrons. The number of rotatable bonds is 4. The molecule has 1 aliphatic heterocycles. The standard InChI is InChI=1S/C21H16N5O/c22-20-18-17(13-23-21(19(18)24-25-20)26-11-4-12-26)14-7-9-16(10-8-14)27-15-5-2-1-3-6-15/h1-13H,(H3,22,24,25)/q+1. The summed E-state index contributed by atoms with van der Waals surface area (Å²) in [6, 6.07) is 17.6. The van der Waals surface area contributed by atoms with Crippen molar-refractivity contribution in [3.63, 3.8) is 0 Å². The van der Waals surface area contributed by atoms with Gasteiger partial charge in [-0.1, -0.05) is 30.3 Å². The van der Waals surface area contributed by atoms with E-state index in [1.54, 1.807) is 0 Å². The van der Waals surface area contributed by atoms with E-state index in [1.165, 1.54) is 0 Å². The molecule has 2 aromatic heterocycles. The number of aromatic nitrogens is 3. The minimum absolute atomic E-state index is 0.456.